The maximum absolute atomic E-state index is 13.7. The molecule has 6 nitrogen and oxygen atoms in total. The average Bonchev–Trinajstić information content (AvgIpc) is 3.11. The Balaban J connectivity index is 1.91. The summed E-state index contributed by atoms with van der Waals surface area (Å²) in [6.45, 7) is 6.05. The van der Waals surface area contributed by atoms with Crippen LogP contribution in [0, 0.1) is 0 Å². The molecule has 0 fully saturated rings. The predicted molar refractivity (Wildman–Crippen MR) is 145 cm³/mol. The standard InChI is InChI=1S/C27H28BrN3O3S/c1-15(2)18-8-10-19(11-9-18)24-23(26(33)34-6)16(3)29-27-31(24)25(32)22(35-27)14-17-7-12-21(30(4)5)20(28)13-17/h7-15,24H,1-6H3/t24-/m0/s1. The van der Waals surface area contributed by atoms with Gasteiger partial charge in [-0.1, -0.05) is 55.5 Å². The summed E-state index contributed by atoms with van der Waals surface area (Å²) in [7, 11) is 5.31. The zero-order valence-corrected chi connectivity index (χ0v) is 23.0. The van der Waals surface area contributed by atoms with Crippen LogP contribution < -0.4 is 19.8 Å². The van der Waals surface area contributed by atoms with Gasteiger partial charge < -0.3 is 9.64 Å². The molecule has 2 aromatic carbocycles. The Hall–Kier alpha value is -2.97. The van der Waals surface area contributed by atoms with E-state index in [4.69, 9.17) is 4.74 Å². The zero-order valence-electron chi connectivity index (χ0n) is 20.6. The van der Waals surface area contributed by atoms with Crippen LogP contribution in [0.4, 0.5) is 5.69 Å². The second-order valence-electron chi connectivity index (χ2n) is 9.00. The lowest BCUT2D eigenvalue weighted by Crippen LogP contribution is -2.39. The summed E-state index contributed by atoms with van der Waals surface area (Å²) in [6, 6.07) is 13.4. The molecule has 0 amide bonds. The number of halogens is 1. The fourth-order valence-corrected chi connectivity index (χ4v) is 6.00. The quantitative estimate of drug-likeness (QED) is 0.440. The fraction of sp³-hybridized carbons (Fsp3) is 0.296. The molecule has 0 unspecified atom stereocenters. The Morgan fingerprint density at radius 1 is 1.20 bits per heavy atom. The van der Waals surface area contributed by atoms with Crippen molar-refractivity contribution in [2.45, 2.75) is 32.7 Å². The van der Waals surface area contributed by atoms with Crippen LogP contribution in [0.3, 0.4) is 0 Å². The molecule has 4 rings (SSSR count). The SMILES string of the molecule is COC(=O)C1=C(C)N=c2sc(=Cc3ccc(N(C)C)c(Br)c3)c(=O)n2[C@H]1c1ccc(C(C)C)cc1. The number of hydrogen-bond acceptors (Lipinski definition) is 6. The first-order valence-electron chi connectivity index (χ1n) is 11.3. The highest BCUT2D eigenvalue weighted by Crippen LogP contribution is 2.31. The Kier molecular flexibility index (Phi) is 7.15. The lowest BCUT2D eigenvalue weighted by molar-refractivity contribution is -0.136. The molecule has 182 valence electrons. The number of carbonyl (C=O) groups is 1. The van der Waals surface area contributed by atoms with Crippen LogP contribution in [0.1, 0.15) is 49.4 Å². The van der Waals surface area contributed by atoms with Crippen molar-refractivity contribution in [3.63, 3.8) is 0 Å². The van der Waals surface area contributed by atoms with Gasteiger partial charge in [-0.25, -0.2) is 9.79 Å². The first-order valence-corrected chi connectivity index (χ1v) is 12.9. The molecular weight excluding hydrogens is 526 g/mol. The van der Waals surface area contributed by atoms with Gasteiger partial charge in [0, 0.05) is 18.6 Å². The largest absolute Gasteiger partial charge is 0.466 e. The van der Waals surface area contributed by atoms with Gasteiger partial charge in [-0.15, -0.1) is 0 Å². The van der Waals surface area contributed by atoms with Crippen LogP contribution in [0.2, 0.25) is 0 Å². The number of aromatic nitrogens is 1. The molecule has 0 aliphatic carbocycles. The monoisotopic (exact) mass is 553 g/mol. The minimum Gasteiger partial charge on any atom is -0.466 e. The third-order valence-electron chi connectivity index (χ3n) is 6.10. The summed E-state index contributed by atoms with van der Waals surface area (Å²) in [5.74, 6) is -0.108. The number of benzene rings is 2. The van der Waals surface area contributed by atoms with Gasteiger partial charge in [0.1, 0.15) is 0 Å². The van der Waals surface area contributed by atoms with Crippen LogP contribution in [-0.2, 0) is 9.53 Å². The van der Waals surface area contributed by atoms with Gasteiger partial charge in [-0.05, 0) is 63.7 Å². The number of anilines is 1. The van der Waals surface area contributed by atoms with E-state index in [9.17, 15) is 9.59 Å². The minimum absolute atomic E-state index is 0.187. The molecular formula is C27H28BrN3O3S. The van der Waals surface area contributed by atoms with E-state index < -0.39 is 12.0 Å². The summed E-state index contributed by atoms with van der Waals surface area (Å²) >= 11 is 4.93. The van der Waals surface area contributed by atoms with Crippen molar-refractivity contribution in [1.82, 2.24) is 4.57 Å². The predicted octanol–water partition coefficient (Wildman–Crippen LogP) is 4.36. The molecule has 1 aromatic heterocycles. The summed E-state index contributed by atoms with van der Waals surface area (Å²) in [6.07, 6.45) is 1.87. The number of hydrogen-bond donors (Lipinski definition) is 0. The molecule has 1 aliphatic rings. The molecule has 8 heteroatoms. The molecule has 0 saturated heterocycles. The van der Waals surface area contributed by atoms with E-state index in [1.54, 1.807) is 11.5 Å². The smallest absolute Gasteiger partial charge is 0.338 e. The molecule has 0 saturated carbocycles. The van der Waals surface area contributed by atoms with Crippen LogP contribution in [0.5, 0.6) is 0 Å². The average molecular weight is 555 g/mol. The Labute approximate surface area is 217 Å². The van der Waals surface area contributed by atoms with E-state index in [0.717, 1.165) is 21.3 Å². The molecule has 2 heterocycles. The van der Waals surface area contributed by atoms with Crippen molar-refractivity contribution in [3.8, 4) is 0 Å². The number of ether oxygens (including phenoxy) is 1. The lowest BCUT2D eigenvalue weighted by atomic mass is 9.93. The van der Waals surface area contributed by atoms with Gasteiger partial charge in [0.25, 0.3) is 5.56 Å². The molecule has 1 aliphatic heterocycles. The second kappa shape index (κ2) is 9.95. The Morgan fingerprint density at radius 3 is 2.46 bits per heavy atom. The van der Waals surface area contributed by atoms with Gasteiger partial charge in [-0.3, -0.25) is 9.36 Å². The van der Waals surface area contributed by atoms with Crippen molar-refractivity contribution in [1.29, 1.82) is 0 Å². The van der Waals surface area contributed by atoms with Gasteiger partial charge in [-0.2, -0.15) is 0 Å². The van der Waals surface area contributed by atoms with Gasteiger partial charge in [0.05, 0.1) is 34.6 Å². The molecule has 0 N–H and O–H groups in total. The van der Waals surface area contributed by atoms with Crippen LogP contribution >= 0.6 is 27.3 Å². The fourth-order valence-electron chi connectivity index (χ4n) is 4.20. The Bertz CT molecular complexity index is 1500. The van der Waals surface area contributed by atoms with E-state index in [0.29, 0.717) is 26.5 Å². The minimum atomic E-state index is -0.607. The molecule has 3 aromatic rings. The third-order valence-corrected chi connectivity index (χ3v) is 7.72. The highest BCUT2D eigenvalue weighted by atomic mass is 79.9. The second-order valence-corrected chi connectivity index (χ2v) is 10.9. The maximum atomic E-state index is 13.7. The summed E-state index contributed by atoms with van der Waals surface area (Å²) in [5, 5.41) is 0. The van der Waals surface area contributed by atoms with Gasteiger partial charge in [0.2, 0.25) is 0 Å². The summed E-state index contributed by atoms with van der Waals surface area (Å²) < 4.78 is 8.20. The summed E-state index contributed by atoms with van der Waals surface area (Å²) in [4.78, 5) is 33.7. The number of rotatable bonds is 5. The Morgan fingerprint density at radius 2 is 1.89 bits per heavy atom. The van der Waals surface area contributed by atoms with Crippen molar-refractivity contribution in [2.75, 3.05) is 26.1 Å². The molecule has 0 spiro atoms. The molecule has 1 atom stereocenters. The van der Waals surface area contributed by atoms with E-state index in [1.165, 1.54) is 24.0 Å². The number of allylic oxidation sites excluding steroid dienone is 1. The zero-order chi connectivity index (χ0) is 25.4. The lowest BCUT2D eigenvalue weighted by Gasteiger charge is -2.24. The van der Waals surface area contributed by atoms with Crippen LogP contribution in [0.25, 0.3) is 6.08 Å². The summed E-state index contributed by atoms with van der Waals surface area (Å²) in [5.41, 5.74) is 4.72. The van der Waals surface area contributed by atoms with E-state index in [2.05, 4.69) is 34.8 Å². The van der Waals surface area contributed by atoms with Gasteiger partial charge in [0.15, 0.2) is 4.80 Å². The number of thiazole rings is 1. The highest BCUT2D eigenvalue weighted by Gasteiger charge is 2.33. The molecule has 35 heavy (non-hydrogen) atoms. The molecule has 0 radical (unpaired) electrons. The highest BCUT2D eigenvalue weighted by molar-refractivity contribution is 9.10. The van der Waals surface area contributed by atoms with Crippen molar-refractivity contribution >= 4 is 45.0 Å². The number of fused-ring (bicyclic) bond motifs is 1. The normalized spacial score (nSPS) is 15.8. The van der Waals surface area contributed by atoms with E-state index in [-0.39, 0.29) is 5.56 Å². The van der Waals surface area contributed by atoms with Crippen LogP contribution in [-0.4, -0.2) is 31.7 Å². The van der Waals surface area contributed by atoms with Crippen LogP contribution in [0.15, 0.2) is 68.0 Å². The van der Waals surface area contributed by atoms with Crippen molar-refractivity contribution in [3.05, 3.63) is 94.6 Å². The van der Waals surface area contributed by atoms with Crippen molar-refractivity contribution < 1.29 is 9.53 Å². The number of nitrogens with zero attached hydrogens (tertiary/aromatic N) is 3. The third kappa shape index (κ3) is 4.77. The first-order chi connectivity index (χ1) is 16.6. The van der Waals surface area contributed by atoms with E-state index >= 15 is 0 Å². The number of methoxy groups -OCH3 is 1. The maximum Gasteiger partial charge on any atom is 0.338 e. The van der Waals surface area contributed by atoms with E-state index in [1.807, 2.05) is 67.5 Å². The topological polar surface area (TPSA) is 63.9 Å². The van der Waals surface area contributed by atoms with Gasteiger partial charge >= 0.3 is 5.97 Å². The first kappa shape index (κ1) is 25.1. The molecule has 0 bridgehead atoms. The van der Waals surface area contributed by atoms with Crippen molar-refractivity contribution in [2.24, 2.45) is 4.99 Å². The number of carbonyl (C=O) groups excluding carboxylic acids is 1. The number of esters is 1.